The summed E-state index contributed by atoms with van der Waals surface area (Å²) in [5.74, 6) is -3.29. The normalized spacial score (nSPS) is 12.8. The highest BCUT2D eigenvalue weighted by Crippen LogP contribution is 2.25. The van der Waals surface area contributed by atoms with Crippen LogP contribution in [0.25, 0.3) is 0 Å². The Kier molecular flexibility index (Phi) is 5.23. The van der Waals surface area contributed by atoms with Crippen LogP contribution in [-0.2, 0) is 11.0 Å². The van der Waals surface area contributed by atoms with Gasteiger partial charge in [0.15, 0.2) is 0 Å². The summed E-state index contributed by atoms with van der Waals surface area (Å²) < 4.78 is 37.0. The maximum atomic E-state index is 12.3. The van der Waals surface area contributed by atoms with E-state index < -0.39 is 30.4 Å². The Labute approximate surface area is 118 Å². The Morgan fingerprint density at radius 2 is 1.86 bits per heavy atom. The Morgan fingerprint density at radius 3 is 2.24 bits per heavy atom. The van der Waals surface area contributed by atoms with Gasteiger partial charge in [-0.05, 0) is 13.3 Å². The molecule has 6 nitrogen and oxygen atoms in total. The minimum Gasteiger partial charge on any atom is -0.480 e. The van der Waals surface area contributed by atoms with Gasteiger partial charge in [-0.3, -0.25) is 9.59 Å². The smallest absolute Gasteiger partial charge is 0.451 e. The number of aromatic nitrogens is 2. The first kappa shape index (κ1) is 16.9. The Bertz CT molecular complexity index is 517. The first-order chi connectivity index (χ1) is 9.66. The summed E-state index contributed by atoms with van der Waals surface area (Å²) >= 11 is 0. The second-order valence-electron chi connectivity index (χ2n) is 4.38. The van der Waals surface area contributed by atoms with E-state index in [1.165, 1.54) is 0 Å². The number of nitrogens with zero attached hydrogens (tertiary/aromatic N) is 3. The molecular formula is C12H14F3N3O3. The molecule has 1 atom stereocenters. The van der Waals surface area contributed by atoms with Gasteiger partial charge < -0.3 is 10.0 Å². The summed E-state index contributed by atoms with van der Waals surface area (Å²) in [5.41, 5.74) is -0.190. The van der Waals surface area contributed by atoms with E-state index in [1.807, 2.05) is 0 Å². The van der Waals surface area contributed by atoms with E-state index >= 15 is 0 Å². The number of amides is 1. The number of carboxylic acids is 1. The van der Waals surface area contributed by atoms with Gasteiger partial charge in [-0.2, -0.15) is 13.2 Å². The molecule has 0 aliphatic carbocycles. The van der Waals surface area contributed by atoms with Crippen molar-refractivity contribution in [1.82, 2.24) is 14.9 Å². The molecule has 1 rings (SSSR count). The van der Waals surface area contributed by atoms with Crippen molar-refractivity contribution < 1.29 is 27.9 Å². The molecule has 1 heterocycles. The molecule has 0 fully saturated rings. The van der Waals surface area contributed by atoms with E-state index in [1.54, 1.807) is 13.8 Å². The van der Waals surface area contributed by atoms with Crippen LogP contribution in [-0.4, -0.2) is 44.4 Å². The predicted molar refractivity (Wildman–Crippen MR) is 65.5 cm³/mol. The number of rotatable bonds is 5. The topological polar surface area (TPSA) is 83.4 Å². The first-order valence-electron chi connectivity index (χ1n) is 6.08. The summed E-state index contributed by atoms with van der Waals surface area (Å²) in [7, 11) is 0. The third-order valence-electron chi connectivity index (χ3n) is 2.84. The van der Waals surface area contributed by atoms with E-state index in [4.69, 9.17) is 5.11 Å². The van der Waals surface area contributed by atoms with Gasteiger partial charge in [-0.15, -0.1) is 0 Å². The van der Waals surface area contributed by atoms with Crippen molar-refractivity contribution in [1.29, 1.82) is 0 Å². The van der Waals surface area contributed by atoms with Crippen LogP contribution in [0.4, 0.5) is 13.2 Å². The lowest BCUT2D eigenvalue weighted by Gasteiger charge is -2.26. The van der Waals surface area contributed by atoms with Crippen LogP contribution in [0.1, 0.15) is 36.5 Å². The molecular weight excluding hydrogens is 291 g/mol. The third kappa shape index (κ3) is 4.40. The van der Waals surface area contributed by atoms with Crippen molar-refractivity contribution in [3.05, 3.63) is 23.8 Å². The fourth-order valence-corrected chi connectivity index (χ4v) is 1.54. The highest BCUT2D eigenvalue weighted by atomic mass is 19.4. The molecule has 0 aromatic carbocycles. The molecule has 21 heavy (non-hydrogen) atoms. The van der Waals surface area contributed by atoms with Gasteiger partial charge >= 0.3 is 12.1 Å². The number of carbonyl (C=O) groups is 2. The standard InChI is InChI=1S/C12H14F3N3O3/c1-3-7(2)18(6-9(19)20)10(21)8-4-16-11(17-5-8)12(13,14)15/h4-5,7H,3,6H2,1-2H3,(H,19,20). The molecule has 1 aromatic heterocycles. The van der Waals surface area contributed by atoms with Crippen molar-refractivity contribution in [3.63, 3.8) is 0 Å². The van der Waals surface area contributed by atoms with Gasteiger partial charge in [0.1, 0.15) is 6.54 Å². The molecule has 0 bridgehead atoms. The second kappa shape index (κ2) is 6.51. The van der Waals surface area contributed by atoms with E-state index in [0.29, 0.717) is 6.42 Å². The van der Waals surface area contributed by atoms with Gasteiger partial charge in [0, 0.05) is 18.4 Å². The molecule has 1 amide bonds. The number of carboxylic acid groups (broad SMARTS) is 1. The number of aliphatic carboxylic acids is 1. The Morgan fingerprint density at radius 1 is 1.33 bits per heavy atom. The Hall–Kier alpha value is -2.19. The van der Waals surface area contributed by atoms with Gasteiger partial charge in [-0.1, -0.05) is 6.92 Å². The zero-order valence-corrected chi connectivity index (χ0v) is 11.4. The molecule has 116 valence electrons. The van der Waals surface area contributed by atoms with Crippen molar-refractivity contribution in [2.24, 2.45) is 0 Å². The van der Waals surface area contributed by atoms with Crippen LogP contribution < -0.4 is 0 Å². The zero-order chi connectivity index (χ0) is 16.2. The fourth-order valence-electron chi connectivity index (χ4n) is 1.54. The summed E-state index contributed by atoms with van der Waals surface area (Å²) in [4.78, 5) is 30.1. The number of hydrogen-bond acceptors (Lipinski definition) is 4. The highest BCUT2D eigenvalue weighted by Gasteiger charge is 2.34. The average molecular weight is 305 g/mol. The van der Waals surface area contributed by atoms with Crippen LogP contribution >= 0.6 is 0 Å². The number of alkyl halides is 3. The van der Waals surface area contributed by atoms with E-state index in [-0.39, 0.29) is 11.6 Å². The first-order valence-corrected chi connectivity index (χ1v) is 6.08. The molecule has 0 saturated heterocycles. The third-order valence-corrected chi connectivity index (χ3v) is 2.84. The molecule has 0 saturated carbocycles. The predicted octanol–water partition coefficient (Wildman–Crippen LogP) is 1.82. The van der Waals surface area contributed by atoms with Gasteiger partial charge in [0.05, 0.1) is 5.56 Å². The lowest BCUT2D eigenvalue weighted by molar-refractivity contribution is -0.145. The maximum absolute atomic E-state index is 12.3. The van der Waals surface area contributed by atoms with Crippen LogP contribution in [0.5, 0.6) is 0 Å². The van der Waals surface area contributed by atoms with Gasteiger partial charge in [-0.25, -0.2) is 9.97 Å². The van der Waals surface area contributed by atoms with E-state index in [9.17, 15) is 22.8 Å². The molecule has 1 unspecified atom stereocenters. The summed E-state index contributed by atoms with van der Waals surface area (Å²) in [6, 6.07) is -0.379. The zero-order valence-electron chi connectivity index (χ0n) is 11.4. The lowest BCUT2D eigenvalue weighted by atomic mass is 10.2. The van der Waals surface area contributed by atoms with E-state index in [2.05, 4.69) is 9.97 Å². The quantitative estimate of drug-likeness (QED) is 0.897. The molecule has 0 aliphatic heterocycles. The second-order valence-corrected chi connectivity index (χ2v) is 4.38. The molecule has 0 aliphatic rings. The van der Waals surface area contributed by atoms with E-state index in [0.717, 1.165) is 17.3 Å². The Balaban J connectivity index is 3.01. The lowest BCUT2D eigenvalue weighted by Crippen LogP contribution is -2.42. The fraction of sp³-hybridized carbons (Fsp3) is 0.500. The monoisotopic (exact) mass is 305 g/mol. The number of hydrogen-bond donors (Lipinski definition) is 1. The van der Waals surface area contributed by atoms with Crippen LogP contribution in [0, 0.1) is 0 Å². The van der Waals surface area contributed by atoms with Crippen molar-refractivity contribution in [2.45, 2.75) is 32.5 Å². The molecule has 9 heteroatoms. The number of carbonyl (C=O) groups excluding carboxylic acids is 1. The van der Waals surface area contributed by atoms with Crippen molar-refractivity contribution in [2.75, 3.05) is 6.54 Å². The largest absolute Gasteiger partial charge is 0.480 e. The average Bonchev–Trinajstić information content (AvgIpc) is 2.42. The van der Waals surface area contributed by atoms with Crippen molar-refractivity contribution >= 4 is 11.9 Å². The molecule has 1 N–H and O–H groups in total. The van der Waals surface area contributed by atoms with Crippen LogP contribution in [0.2, 0.25) is 0 Å². The molecule has 0 spiro atoms. The minimum absolute atomic E-state index is 0.190. The summed E-state index contributed by atoms with van der Waals surface area (Å²) in [5, 5.41) is 8.80. The van der Waals surface area contributed by atoms with Crippen LogP contribution in [0.3, 0.4) is 0 Å². The minimum atomic E-state index is -4.70. The van der Waals surface area contributed by atoms with Gasteiger partial charge in [0.25, 0.3) is 5.91 Å². The van der Waals surface area contributed by atoms with Gasteiger partial charge in [0.2, 0.25) is 5.82 Å². The maximum Gasteiger partial charge on any atom is 0.451 e. The highest BCUT2D eigenvalue weighted by molar-refractivity contribution is 5.95. The summed E-state index contributed by atoms with van der Waals surface area (Å²) in [6.45, 7) is 2.86. The number of halogens is 3. The van der Waals surface area contributed by atoms with Crippen molar-refractivity contribution in [3.8, 4) is 0 Å². The SMILES string of the molecule is CCC(C)N(CC(=O)O)C(=O)c1cnc(C(F)(F)F)nc1. The summed E-state index contributed by atoms with van der Waals surface area (Å²) in [6.07, 6.45) is -2.70. The van der Waals surface area contributed by atoms with Crippen LogP contribution in [0.15, 0.2) is 12.4 Å². The molecule has 1 aromatic rings. The molecule has 0 radical (unpaired) electrons.